The Bertz CT molecular complexity index is 1450. The Morgan fingerprint density at radius 1 is 0.771 bits per heavy atom. The minimum absolute atomic E-state index is 0.0303. The first-order valence-electron chi connectivity index (χ1n) is 11.9. The van der Waals surface area contributed by atoms with Crippen molar-refractivity contribution in [3.63, 3.8) is 0 Å². The van der Waals surface area contributed by atoms with Crippen LogP contribution in [-0.4, -0.2) is 27.7 Å². The smallest absolute Gasteiger partial charge is 0.165 e. The molecular formula is C30H28N4O. The van der Waals surface area contributed by atoms with E-state index in [-0.39, 0.29) is 11.8 Å². The van der Waals surface area contributed by atoms with E-state index < -0.39 is 0 Å². The molecule has 5 heteroatoms. The zero-order chi connectivity index (χ0) is 24.2. The zero-order valence-corrected chi connectivity index (χ0v) is 19.6. The van der Waals surface area contributed by atoms with Crippen molar-refractivity contribution in [2.45, 2.75) is 19.4 Å². The fraction of sp³-hybridized carbons (Fsp3) is 0.133. The van der Waals surface area contributed by atoms with Crippen LogP contribution < -0.4 is 11.1 Å². The molecule has 5 rings (SSSR count). The molecule has 5 aromatic rings. The van der Waals surface area contributed by atoms with Crippen LogP contribution in [0.15, 0.2) is 97.1 Å². The molecule has 0 amide bonds. The van der Waals surface area contributed by atoms with Gasteiger partial charge >= 0.3 is 0 Å². The number of benzene rings is 4. The van der Waals surface area contributed by atoms with E-state index >= 15 is 0 Å². The fourth-order valence-electron chi connectivity index (χ4n) is 4.08. The van der Waals surface area contributed by atoms with Crippen molar-refractivity contribution in [1.29, 1.82) is 0 Å². The third-order valence-electron chi connectivity index (χ3n) is 6.22. The van der Waals surface area contributed by atoms with E-state index in [2.05, 4.69) is 48.6 Å². The molecule has 0 saturated carbocycles. The van der Waals surface area contributed by atoms with Gasteiger partial charge in [0.1, 0.15) is 11.6 Å². The van der Waals surface area contributed by atoms with Crippen LogP contribution >= 0.6 is 0 Å². The van der Waals surface area contributed by atoms with Gasteiger partial charge in [0, 0.05) is 18.0 Å². The molecule has 0 aliphatic heterocycles. The van der Waals surface area contributed by atoms with Crippen molar-refractivity contribution in [2.75, 3.05) is 11.9 Å². The summed E-state index contributed by atoms with van der Waals surface area (Å²) in [6.45, 7) is 2.67. The average molecular weight is 461 g/mol. The Kier molecular flexibility index (Phi) is 6.42. The van der Waals surface area contributed by atoms with E-state index in [1.165, 1.54) is 5.56 Å². The molecule has 0 bridgehead atoms. The van der Waals surface area contributed by atoms with Crippen LogP contribution in [0.2, 0.25) is 0 Å². The molecule has 1 heterocycles. The van der Waals surface area contributed by atoms with E-state index in [0.29, 0.717) is 23.8 Å². The number of anilines is 1. The van der Waals surface area contributed by atoms with Gasteiger partial charge in [-0.3, -0.25) is 0 Å². The molecule has 0 saturated heterocycles. The summed E-state index contributed by atoms with van der Waals surface area (Å²) >= 11 is 0. The SMILES string of the molecule is CC[C@@H](N)CNc1nc(-c2cc(-c3ccc(-c4ccccc4)cc3)ccc2O)nc2ccccc12. The van der Waals surface area contributed by atoms with Crippen molar-refractivity contribution in [2.24, 2.45) is 5.73 Å². The molecule has 0 spiro atoms. The second kappa shape index (κ2) is 9.95. The lowest BCUT2D eigenvalue weighted by Crippen LogP contribution is -2.28. The summed E-state index contributed by atoms with van der Waals surface area (Å²) in [5.74, 6) is 1.32. The van der Waals surface area contributed by atoms with E-state index in [0.717, 1.165) is 34.0 Å². The number of nitrogens with zero attached hydrogens (tertiary/aromatic N) is 2. The third kappa shape index (κ3) is 4.86. The molecular weight excluding hydrogens is 432 g/mol. The van der Waals surface area contributed by atoms with Crippen LogP contribution in [0.5, 0.6) is 5.75 Å². The highest BCUT2D eigenvalue weighted by atomic mass is 16.3. The first kappa shape index (κ1) is 22.6. The van der Waals surface area contributed by atoms with E-state index in [4.69, 9.17) is 15.7 Å². The number of aromatic nitrogens is 2. The zero-order valence-electron chi connectivity index (χ0n) is 19.6. The quantitative estimate of drug-likeness (QED) is 0.259. The second-order valence-electron chi connectivity index (χ2n) is 8.64. The fourth-order valence-corrected chi connectivity index (χ4v) is 4.08. The molecule has 0 aliphatic rings. The van der Waals surface area contributed by atoms with Gasteiger partial charge in [-0.05, 0) is 52.9 Å². The van der Waals surface area contributed by atoms with Crippen LogP contribution in [0, 0.1) is 0 Å². The van der Waals surface area contributed by atoms with Gasteiger partial charge in [-0.2, -0.15) is 0 Å². The normalized spacial score (nSPS) is 11.9. The van der Waals surface area contributed by atoms with Crippen molar-refractivity contribution >= 4 is 16.7 Å². The minimum Gasteiger partial charge on any atom is -0.507 e. The topological polar surface area (TPSA) is 84.1 Å². The first-order chi connectivity index (χ1) is 17.1. The molecule has 0 fully saturated rings. The van der Waals surface area contributed by atoms with Crippen molar-refractivity contribution < 1.29 is 5.11 Å². The lowest BCUT2D eigenvalue weighted by atomic mass is 9.98. The average Bonchev–Trinajstić information content (AvgIpc) is 2.92. The number of nitrogens with two attached hydrogens (primary N) is 1. The predicted octanol–water partition coefficient (Wildman–Crippen LogP) is 6.49. The van der Waals surface area contributed by atoms with Crippen LogP contribution in [-0.2, 0) is 0 Å². The number of aromatic hydroxyl groups is 1. The molecule has 0 unspecified atom stereocenters. The summed E-state index contributed by atoms with van der Waals surface area (Å²) in [4.78, 5) is 9.55. The number of fused-ring (bicyclic) bond motifs is 1. The molecule has 5 nitrogen and oxygen atoms in total. The van der Waals surface area contributed by atoms with Crippen LogP contribution in [0.3, 0.4) is 0 Å². The number of hydrogen-bond acceptors (Lipinski definition) is 5. The maximum Gasteiger partial charge on any atom is 0.165 e. The van der Waals surface area contributed by atoms with Gasteiger partial charge in [0.25, 0.3) is 0 Å². The lowest BCUT2D eigenvalue weighted by molar-refractivity contribution is 0.477. The van der Waals surface area contributed by atoms with E-state index in [9.17, 15) is 5.11 Å². The van der Waals surface area contributed by atoms with Gasteiger partial charge in [-0.1, -0.05) is 79.7 Å². The van der Waals surface area contributed by atoms with Crippen molar-refractivity contribution in [3.05, 3.63) is 97.1 Å². The number of phenols is 1. The maximum atomic E-state index is 10.7. The molecule has 174 valence electrons. The largest absolute Gasteiger partial charge is 0.507 e. The summed E-state index contributed by atoms with van der Waals surface area (Å²) < 4.78 is 0. The maximum absolute atomic E-state index is 10.7. The Morgan fingerprint density at radius 2 is 1.40 bits per heavy atom. The Hall–Kier alpha value is -4.22. The standard InChI is InChI=1S/C30H28N4O/c1-2-24(31)19-32-29-25-10-6-7-11-27(25)33-30(34-29)26-18-23(16-17-28(26)35)22-14-12-21(13-15-22)20-8-4-3-5-9-20/h3-18,24,35H,2,19,31H2,1H3,(H,32,33,34)/t24-/m1/s1. The minimum atomic E-state index is 0.0303. The van der Waals surface area contributed by atoms with E-state index in [1.807, 2.05) is 54.6 Å². The van der Waals surface area contributed by atoms with Gasteiger partial charge in [-0.25, -0.2) is 9.97 Å². The highest BCUT2D eigenvalue weighted by Crippen LogP contribution is 2.34. The highest BCUT2D eigenvalue weighted by molar-refractivity contribution is 5.91. The molecule has 0 radical (unpaired) electrons. The molecule has 4 N–H and O–H groups in total. The third-order valence-corrected chi connectivity index (χ3v) is 6.22. The first-order valence-corrected chi connectivity index (χ1v) is 11.9. The van der Waals surface area contributed by atoms with Crippen LogP contribution in [0.1, 0.15) is 13.3 Å². The molecule has 0 aliphatic carbocycles. The number of para-hydroxylation sites is 1. The summed E-state index contributed by atoms with van der Waals surface area (Å²) in [5, 5.41) is 15.0. The number of hydrogen-bond donors (Lipinski definition) is 3. The van der Waals surface area contributed by atoms with Gasteiger partial charge in [0.2, 0.25) is 0 Å². The predicted molar refractivity (Wildman–Crippen MR) is 144 cm³/mol. The van der Waals surface area contributed by atoms with Crippen molar-refractivity contribution in [1.82, 2.24) is 9.97 Å². The van der Waals surface area contributed by atoms with Gasteiger partial charge in [-0.15, -0.1) is 0 Å². The number of nitrogens with one attached hydrogen (secondary N) is 1. The van der Waals surface area contributed by atoms with Crippen LogP contribution in [0.25, 0.3) is 44.5 Å². The lowest BCUT2D eigenvalue weighted by Gasteiger charge is -2.15. The van der Waals surface area contributed by atoms with Crippen LogP contribution in [0.4, 0.5) is 5.82 Å². The van der Waals surface area contributed by atoms with Gasteiger partial charge in [0.05, 0.1) is 11.1 Å². The summed E-state index contributed by atoms with van der Waals surface area (Å²) in [6.07, 6.45) is 0.870. The number of rotatable bonds is 7. The Balaban J connectivity index is 1.53. The summed E-state index contributed by atoms with van der Waals surface area (Å²) in [7, 11) is 0. The van der Waals surface area contributed by atoms with Gasteiger partial charge in [0.15, 0.2) is 5.82 Å². The second-order valence-corrected chi connectivity index (χ2v) is 8.64. The Morgan fingerprint density at radius 3 is 2.14 bits per heavy atom. The molecule has 1 aromatic heterocycles. The molecule has 35 heavy (non-hydrogen) atoms. The summed E-state index contributed by atoms with van der Waals surface area (Å²) in [5.41, 5.74) is 11.9. The monoisotopic (exact) mass is 460 g/mol. The molecule has 1 atom stereocenters. The Labute approximate surface area is 205 Å². The molecule has 4 aromatic carbocycles. The van der Waals surface area contributed by atoms with E-state index in [1.54, 1.807) is 6.07 Å². The highest BCUT2D eigenvalue weighted by Gasteiger charge is 2.14. The summed E-state index contributed by atoms with van der Waals surface area (Å²) in [6, 6.07) is 32.2. The van der Waals surface area contributed by atoms with Gasteiger partial charge < -0.3 is 16.2 Å². The van der Waals surface area contributed by atoms with Crippen molar-refractivity contribution in [3.8, 4) is 39.4 Å². The number of phenolic OH excluding ortho intramolecular Hbond substituents is 1.